The molecule has 0 saturated heterocycles. The molecule has 0 saturated carbocycles. The molecular formula is C27H27FN2O4S. The number of benzene rings is 3. The minimum Gasteiger partial charge on any atom is -0.452 e. The largest absolute Gasteiger partial charge is 0.452 e. The summed E-state index contributed by atoms with van der Waals surface area (Å²) in [7, 11) is 0. The smallest absolute Gasteiger partial charge is 0.339 e. The highest BCUT2D eigenvalue weighted by molar-refractivity contribution is 8.00. The summed E-state index contributed by atoms with van der Waals surface area (Å²) in [4.78, 5) is 38.0. The van der Waals surface area contributed by atoms with Gasteiger partial charge in [-0.15, -0.1) is 11.8 Å². The zero-order chi connectivity index (χ0) is 25.2. The number of hydrogen-bond donors (Lipinski definition) is 2. The van der Waals surface area contributed by atoms with Gasteiger partial charge < -0.3 is 15.4 Å². The van der Waals surface area contributed by atoms with E-state index in [2.05, 4.69) is 10.6 Å². The highest BCUT2D eigenvalue weighted by Crippen LogP contribution is 2.25. The molecule has 2 N–H and O–H groups in total. The lowest BCUT2D eigenvalue weighted by Crippen LogP contribution is -2.22. The maximum atomic E-state index is 13.0. The summed E-state index contributed by atoms with van der Waals surface area (Å²) in [5.74, 6) is -1.72. The number of anilines is 2. The van der Waals surface area contributed by atoms with Crippen LogP contribution in [0.3, 0.4) is 0 Å². The quantitative estimate of drug-likeness (QED) is 0.288. The van der Waals surface area contributed by atoms with Gasteiger partial charge in [0.05, 0.1) is 11.3 Å². The van der Waals surface area contributed by atoms with E-state index in [1.54, 1.807) is 24.3 Å². The lowest BCUT2D eigenvalue weighted by atomic mass is 10.0. The number of thioether (sulfide) groups is 1. The molecule has 0 unspecified atom stereocenters. The van der Waals surface area contributed by atoms with Crippen molar-refractivity contribution in [3.05, 3.63) is 89.2 Å². The number of para-hydroxylation sites is 1. The van der Waals surface area contributed by atoms with Crippen LogP contribution in [-0.4, -0.2) is 30.1 Å². The van der Waals surface area contributed by atoms with Crippen LogP contribution in [0.4, 0.5) is 15.8 Å². The lowest BCUT2D eigenvalue weighted by Gasteiger charge is -2.15. The molecule has 3 aromatic rings. The number of amides is 2. The molecule has 3 rings (SSSR count). The average molecular weight is 495 g/mol. The number of nitrogens with one attached hydrogen (secondary N) is 2. The summed E-state index contributed by atoms with van der Waals surface area (Å²) >= 11 is 1.17. The Morgan fingerprint density at radius 1 is 0.829 bits per heavy atom. The van der Waals surface area contributed by atoms with Crippen molar-refractivity contribution in [1.29, 1.82) is 0 Å². The normalized spacial score (nSPS) is 10.5. The standard InChI is InChI=1S/C27H27FN2O4S/c1-3-18-8-7-9-19(4-2)26(18)30-24(31)16-34-27(33)22-10-5-6-11-23(22)35-17-25(32)29-21-14-12-20(28)13-15-21/h5-15H,3-4,16-17H2,1-2H3,(H,29,32)(H,30,31). The van der Waals surface area contributed by atoms with Gasteiger partial charge >= 0.3 is 5.97 Å². The van der Waals surface area contributed by atoms with Gasteiger partial charge in [0.15, 0.2) is 6.61 Å². The molecule has 35 heavy (non-hydrogen) atoms. The van der Waals surface area contributed by atoms with Crippen LogP contribution in [0.25, 0.3) is 0 Å². The Morgan fingerprint density at radius 3 is 2.14 bits per heavy atom. The number of carbonyl (C=O) groups is 3. The van der Waals surface area contributed by atoms with Crippen LogP contribution in [0, 0.1) is 5.82 Å². The SMILES string of the molecule is CCc1cccc(CC)c1NC(=O)COC(=O)c1ccccc1SCC(=O)Nc1ccc(F)cc1. The Morgan fingerprint density at radius 2 is 1.49 bits per heavy atom. The van der Waals surface area contributed by atoms with E-state index >= 15 is 0 Å². The number of rotatable bonds is 10. The van der Waals surface area contributed by atoms with E-state index in [0.29, 0.717) is 10.6 Å². The van der Waals surface area contributed by atoms with Crippen LogP contribution in [0.5, 0.6) is 0 Å². The van der Waals surface area contributed by atoms with Gasteiger partial charge in [0.1, 0.15) is 5.82 Å². The molecule has 8 heteroatoms. The first kappa shape index (κ1) is 26.0. The summed E-state index contributed by atoms with van der Waals surface area (Å²) in [5.41, 5.74) is 3.55. The Hall–Kier alpha value is -3.65. The summed E-state index contributed by atoms with van der Waals surface area (Å²) < 4.78 is 18.3. The van der Waals surface area contributed by atoms with E-state index in [1.807, 2.05) is 32.0 Å². The second-order valence-corrected chi connectivity index (χ2v) is 8.64. The lowest BCUT2D eigenvalue weighted by molar-refractivity contribution is -0.119. The van der Waals surface area contributed by atoms with E-state index in [9.17, 15) is 18.8 Å². The number of esters is 1. The monoisotopic (exact) mass is 494 g/mol. The van der Waals surface area contributed by atoms with E-state index in [-0.39, 0.29) is 23.0 Å². The predicted molar refractivity (Wildman–Crippen MR) is 136 cm³/mol. The molecule has 0 spiro atoms. The van der Waals surface area contributed by atoms with Gasteiger partial charge in [0, 0.05) is 16.3 Å². The van der Waals surface area contributed by atoms with Gasteiger partial charge in [-0.3, -0.25) is 9.59 Å². The van der Waals surface area contributed by atoms with Crippen molar-refractivity contribution < 1.29 is 23.5 Å². The molecule has 0 aliphatic rings. The van der Waals surface area contributed by atoms with E-state index < -0.39 is 18.5 Å². The Bertz CT molecular complexity index is 1180. The molecule has 0 aliphatic carbocycles. The van der Waals surface area contributed by atoms with Gasteiger partial charge in [0.25, 0.3) is 5.91 Å². The Labute approximate surface area is 208 Å². The van der Waals surface area contributed by atoms with Crippen LogP contribution >= 0.6 is 11.8 Å². The number of hydrogen-bond acceptors (Lipinski definition) is 5. The van der Waals surface area contributed by atoms with Crippen molar-refractivity contribution in [1.82, 2.24) is 0 Å². The molecule has 0 heterocycles. The summed E-state index contributed by atoms with van der Waals surface area (Å²) in [5, 5.41) is 5.55. The van der Waals surface area contributed by atoms with Gasteiger partial charge in [-0.1, -0.05) is 44.2 Å². The fraction of sp³-hybridized carbons (Fsp3) is 0.222. The molecule has 6 nitrogen and oxygen atoms in total. The Balaban J connectivity index is 1.57. The minimum atomic E-state index is -0.651. The summed E-state index contributed by atoms with van der Waals surface area (Å²) in [6.45, 7) is 3.60. The molecule has 0 radical (unpaired) electrons. The first-order chi connectivity index (χ1) is 16.9. The predicted octanol–water partition coefficient (Wildman–Crippen LogP) is 5.48. The van der Waals surface area contributed by atoms with Gasteiger partial charge in [0.2, 0.25) is 5.91 Å². The van der Waals surface area contributed by atoms with Crippen LogP contribution in [0.15, 0.2) is 71.6 Å². The Kier molecular flexibility index (Phi) is 9.43. The van der Waals surface area contributed by atoms with Crippen molar-refractivity contribution in [2.75, 3.05) is 23.0 Å². The summed E-state index contributed by atoms with van der Waals surface area (Å²) in [6.07, 6.45) is 1.53. The molecule has 0 fully saturated rings. The van der Waals surface area contributed by atoms with Crippen molar-refractivity contribution >= 4 is 40.9 Å². The van der Waals surface area contributed by atoms with E-state index in [0.717, 1.165) is 29.7 Å². The van der Waals surface area contributed by atoms with Crippen LogP contribution < -0.4 is 10.6 Å². The molecule has 0 atom stereocenters. The van der Waals surface area contributed by atoms with Gasteiger partial charge in [-0.05, 0) is 60.4 Å². The second-order valence-electron chi connectivity index (χ2n) is 7.62. The molecule has 0 bridgehead atoms. The average Bonchev–Trinajstić information content (AvgIpc) is 2.87. The molecule has 182 valence electrons. The first-order valence-corrected chi connectivity index (χ1v) is 12.2. The molecule has 0 aromatic heterocycles. The van der Waals surface area contributed by atoms with Crippen LogP contribution in [0.1, 0.15) is 35.3 Å². The topological polar surface area (TPSA) is 84.5 Å². The number of halogens is 1. The number of ether oxygens (including phenoxy) is 1. The highest BCUT2D eigenvalue weighted by Gasteiger charge is 2.17. The fourth-order valence-corrected chi connectivity index (χ4v) is 4.26. The van der Waals surface area contributed by atoms with Gasteiger partial charge in [-0.25, -0.2) is 9.18 Å². The number of aryl methyl sites for hydroxylation is 2. The van der Waals surface area contributed by atoms with Crippen LogP contribution in [-0.2, 0) is 27.2 Å². The van der Waals surface area contributed by atoms with E-state index in [4.69, 9.17) is 4.74 Å². The third-order valence-electron chi connectivity index (χ3n) is 5.19. The molecule has 3 aromatic carbocycles. The van der Waals surface area contributed by atoms with Crippen molar-refractivity contribution in [3.63, 3.8) is 0 Å². The minimum absolute atomic E-state index is 0.0375. The first-order valence-electron chi connectivity index (χ1n) is 11.3. The van der Waals surface area contributed by atoms with Crippen molar-refractivity contribution in [2.24, 2.45) is 0 Å². The fourth-order valence-electron chi connectivity index (χ4n) is 3.42. The van der Waals surface area contributed by atoms with Gasteiger partial charge in [-0.2, -0.15) is 0 Å². The van der Waals surface area contributed by atoms with Crippen molar-refractivity contribution in [3.8, 4) is 0 Å². The maximum absolute atomic E-state index is 13.0. The van der Waals surface area contributed by atoms with Crippen LogP contribution in [0.2, 0.25) is 0 Å². The third kappa shape index (κ3) is 7.42. The van der Waals surface area contributed by atoms with Crippen molar-refractivity contribution in [2.45, 2.75) is 31.6 Å². The second kappa shape index (κ2) is 12.7. The zero-order valence-electron chi connectivity index (χ0n) is 19.6. The number of carbonyl (C=O) groups excluding carboxylic acids is 3. The third-order valence-corrected chi connectivity index (χ3v) is 6.26. The molecule has 2 amide bonds. The highest BCUT2D eigenvalue weighted by atomic mass is 32.2. The maximum Gasteiger partial charge on any atom is 0.339 e. The van der Waals surface area contributed by atoms with E-state index in [1.165, 1.54) is 36.0 Å². The summed E-state index contributed by atoms with van der Waals surface area (Å²) in [6, 6.07) is 18.1. The molecule has 0 aliphatic heterocycles. The molecular weight excluding hydrogens is 467 g/mol. The zero-order valence-corrected chi connectivity index (χ0v) is 20.4.